The van der Waals surface area contributed by atoms with Crippen LogP contribution in [0.4, 0.5) is 0 Å². The summed E-state index contributed by atoms with van der Waals surface area (Å²) in [5.41, 5.74) is 0. The molecule has 0 bridgehead atoms. The summed E-state index contributed by atoms with van der Waals surface area (Å²) in [6.07, 6.45) is 2.90. The molecular formula is C7H19NO8S2. The number of quaternary nitrogens is 1. The van der Waals surface area contributed by atoms with E-state index in [-0.39, 0.29) is 0 Å². The first-order chi connectivity index (χ1) is 7.77. The second-order valence-electron chi connectivity index (χ2n) is 3.97. The SMILES string of the molecule is CC[N+]1(C)CCCC1.O=S(=O)(O)O.O=S(=O)([O-])O. The standard InChI is InChI=1S/C7H16N.2H2O4S/c1-3-8(2)6-4-5-7-8;2*1-5(2,3)4/h3-7H2,1-2H3;2*(H2,1,2,3,4)/q+1;;/p-1. The fourth-order valence-electron chi connectivity index (χ4n) is 1.42. The summed E-state index contributed by atoms with van der Waals surface area (Å²) >= 11 is 0. The molecule has 1 rings (SSSR count). The zero-order valence-electron chi connectivity index (χ0n) is 10.2. The van der Waals surface area contributed by atoms with Gasteiger partial charge >= 0.3 is 10.4 Å². The van der Waals surface area contributed by atoms with Gasteiger partial charge in [-0.05, 0) is 6.92 Å². The zero-order chi connectivity index (χ0) is 15.0. The molecule has 1 aliphatic heterocycles. The van der Waals surface area contributed by atoms with Gasteiger partial charge in [-0.15, -0.1) is 0 Å². The van der Waals surface area contributed by atoms with Crippen molar-refractivity contribution in [2.45, 2.75) is 19.8 Å². The van der Waals surface area contributed by atoms with Gasteiger partial charge in [0.05, 0.1) is 26.7 Å². The Hall–Kier alpha value is -0.300. The second kappa shape index (κ2) is 7.99. The molecule has 0 radical (unpaired) electrons. The lowest BCUT2D eigenvalue weighted by Gasteiger charge is -2.26. The molecule has 11 heteroatoms. The molecule has 1 fully saturated rings. The minimum absolute atomic E-state index is 1.32. The average Bonchev–Trinajstić information content (AvgIpc) is 2.47. The Kier molecular flexibility index (Phi) is 8.89. The molecular weight excluding hydrogens is 290 g/mol. The summed E-state index contributed by atoms with van der Waals surface area (Å²) in [5.74, 6) is 0. The topological polar surface area (TPSA) is 152 Å². The first-order valence-electron chi connectivity index (χ1n) is 4.98. The summed E-state index contributed by atoms with van der Waals surface area (Å²) in [6, 6.07) is 0. The van der Waals surface area contributed by atoms with Crippen LogP contribution in [0, 0.1) is 0 Å². The van der Waals surface area contributed by atoms with Gasteiger partial charge in [0.25, 0.3) is 0 Å². The van der Waals surface area contributed by atoms with Crippen molar-refractivity contribution >= 4 is 20.8 Å². The number of nitrogens with zero attached hydrogens (tertiary/aromatic N) is 1. The molecule has 0 atom stereocenters. The minimum atomic E-state index is -4.92. The molecule has 112 valence electrons. The highest BCUT2D eigenvalue weighted by Crippen LogP contribution is 2.14. The Labute approximate surface area is 107 Å². The molecule has 9 nitrogen and oxygen atoms in total. The van der Waals surface area contributed by atoms with E-state index in [4.69, 9.17) is 35.0 Å². The number of hydrogen-bond acceptors (Lipinski definition) is 5. The van der Waals surface area contributed by atoms with Gasteiger partial charge in [-0.3, -0.25) is 13.7 Å². The van der Waals surface area contributed by atoms with Crippen LogP contribution in [0.5, 0.6) is 0 Å². The predicted molar refractivity (Wildman–Crippen MR) is 62.2 cm³/mol. The molecule has 0 aromatic heterocycles. The van der Waals surface area contributed by atoms with E-state index in [1.54, 1.807) is 0 Å². The molecule has 3 N–H and O–H groups in total. The number of rotatable bonds is 1. The fourth-order valence-corrected chi connectivity index (χ4v) is 1.42. The van der Waals surface area contributed by atoms with Crippen LogP contribution in [0.15, 0.2) is 0 Å². The average molecular weight is 309 g/mol. The van der Waals surface area contributed by atoms with Crippen molar-refractivity contribution in [2.24, 2.45) is 0 Å². The van der Waals surface area contributed by atoms with Crippen molar-refractivity contribution in [2.75, 3.05) is 26.7 Å². The molecule has 18 heavy (non-hydrogen) atoms. The van der Waals surface area contributed by atoms with Crippen LogP contribution >= 0.6 is 0 Å². The summed E-state index contributed by atoms with van der Waals surface area (Å²) in [4.78, 5) is 0. The third-order valence-corrected chi connectivity index (χ3v) is 2.41. The van der Waals surface area contributed by atoms with Gasteiger partial charge in [0, 0.05) is 12.8 Å². The van der Waals surface area contributed by atoms with Crippen LogP contribution in [0.1, 0.15) is 19.8 Å². The third kappa shape index (κ3) is 24.8. The molecule has 0 spiro atoms. The number of likely N-dealkylation sites (tertiary alicyclic amines) is 1. The van der Waals surface area contributed by atoms with Crippen LogP contribution < -0.4 is 0 Å². The molecule has 0 amide bonds. The lowest BCUT2D eigenvalue weighted by atomic mass is 10.4. The van der Waals surface area contributed by atoms with E-state index in [1.807, 2.05) is 0 Å². The lowest BCUT2D eigenvalue weighted by Crippen LogP contribution is -2.40. The maximum atomic E-state index is 8.74. The zero-order valence-corrected chi connectivity index (χ0v) is 11.8. The van der Waals surface area contributed by atoms with Crippen molar-refractivity contribution in [3.05, 3.63) is 0 Å². The van der Waals surface area contributed by atoms with E-state index in [0.717, 1.165) is 0 Å². The van der Waals surface area contributed by atoms with E-state index < -0.39 is 20.8 Å². The molecule has 0 unspecified atom stereocenters. The van der Waals surface area contributed by atoms with E-state index in [2.05, 4.69) is 14.0 Å². The smallest absolute Gasteiger partial charge is 0.394 e. The van der Waals surface area contributed by atoms with Crippen LogP contribution in [0.2, 0.25) is 0 Å². The summed E-state index contributed by atoms with van der Waals surface area (Å²) in [6.45, 7) is 6.43. The highest BCUT2D eigenvalue weighted by Gasteiger charge is 2.23. The quantitative estimate of drug-likeness (QED) is 0.336. The van der Waals surface area contributed by atoms with Gasteiger partial charge in [0.2, 0.25) is 10.4 Å². The van der Waals surface area contributed by atoms with Crippen molar-refractivity contribution in [1.82, 2.24) is 0 Å². The maximum Gasteiger partial charge on any atom is 0.394 e. The van der Waals surface area contributed by atoms with Crippen LogP contribution in [0.25, 0.3) is 0 Å². The molecule has 1 saturated heterocycles. The number of hydrogen-bond donors (Lipinski definition) is 3. The largest absolute Gasteiger partial charge is 0.726 e. The fraction of sp³-hybridized carbons (Fsp3) is 1.00. The maximum absolute atomic E-state index is 8.74. The van der Waals surface area contributed by atoms with Crippen LogP contribution in [0.3, 0.4) is 0 Å². The Morgan fingerprint density at radius 2 is 1.28 bits per heavy atom. The lowest BCUT2D eigenvalue weighted by molar-refractivity contribution is -0.895. The van der Waals surface area contributed by atoms with Crippen molar-refractivity contribution in [1.29, 1.82) is 0 Å². The second-order valence-corrected chi connectivity index (χ2v) is 5.72. The monoisotopic (exact) mass is 309 g/mol. The normalized spacial score (nSPS) is 18.1. The van der Waals surface area contributed by atoms with Crippen LogP contribution in [-0.4, -0.2) is 66.2 Å². The van der Waals surface area contributed by atoms with Gasteiger partial charge in [-0.25, -0.2) is 8.42 Å². The van der Waals surface area contributed by atoms with Crippen molar-refractivity contribution in [3.63, 3.8) is 0 Å². The Morgan fingerprint density at radius 1 is 1.06 bits per heavy atom. The van der Waals surface area contributed by atoms with Gasteiger partial charge in [0.1, 0.15) is 0 Å². The third-order valence-electron chi connectivity index (χ3n) is 2.41. The Morgan fingerprint density at radius 3 is 1.39 bits per heavy atom. The first-order valence-corrected chi connectivity index (χ1v) is 7.75. The molecule has 0 saturated carbocycles. The highest BCUT2D eigenvalue weighted by atomic mass is 32.3. The van der Waals surface area contributed by atoms with Crippen molar-refractivity contribution < 1.29 is 39.5 Å². The molecule has 0 aromatic rings. The van der Waals surface area contributed by atoms with E-state index in [9.17, 15) is 0 Å². The van der Waals surface area contributed by atoms with Gasteiger partial charge in [-0.2, -0.15) is 8.42 Å². The van der Waals surface area contributed by atoms with E-state index in [1.165, 1.54) is 37.0 Å². The minimum Gasteiger partial charge on any atom is -0.726 e. The summed E-state index contributed by atoms with van der Waals surface area (Å²) in [5, 5.41) is 0. The first kappa shape index (κ1) is 20.0. The van der Waals surface area contributed by atoms with Gasteiger partial charge in [-0.1, -0.05) is 0 Å². The van der Waals surface area contributed by atoms with E-state index in [0.29, 0.717) is 0 Å². The van der Waals surface area contributed by atoms with E-state index >= 15 is 0 Å². The Balaban J connectivity index is 0. The molecule has 0 aromatic carbocycles. The predicted octanol–water partition coefficient (Wildman–Crippen LogP) is -0.401. The van der Waals surface area contributed by atoms with Crippen molar-refractivity contribution in [3.8, 4) is 0 Å². The van der Waals surface area contributed by atoms with Crippen LogP contribution in [-0.2, 0) is 20.8 Å². The summed E-state index contributed by atoms with van der Waals surface area (Å²) < 4.78 is 65.7. The van der Waals surface area contributed by atoms with Gasteiger partial charge < -0.3 is 9.04 Å². The molecule has 1 aliphatic rings. The Bertz CT molecular complexity index is 363. The molecule has 0 aliphatic carbocycles. The molecule has 1 heterocycles. The van der Waals surface area contributed by atoms with Gasteiger partial charge in [0.15, 0.2) is 0 Å². The highest BCUT2D eigenvalue weighted by molar-refractivity contribution is 7.80. The summed E-state index contributed by atoms with van der Waals surface area (Å²) in [7, 11) is -7.23.